The number of piperidine rings is 1. The van der Waals surface area contributed by atoms with Crippen molar-refractivity contribution in [2.75, 3.05) is 19.6 Å². The van der Waals surface area contributed by atoms with Crippen LogP contribution < -0.4 is 5.32 Å². The Morgan fingerprint density at radius 2 is 2.21 bits per heavy atom. The Morgan fingerprint density at radius 3 is 2.79 bits per heavy atom. The number of aliphatic hydroxyl groups excluding tert-OH is 1. The van der Waals surface area contributed by atoms with E-state index in [1.54, 1.807) is 4.90 Å². The average molecular weight is 198 g/mol. The topological polar surface area (TPSA) is 52.6 Å². The van der Waals surface area contributed by atoms with Crippen molar-refractivity contribution in [2.24, 2.45) is 5.92 Å². The SMILES string of the molecule is CC1CC(C(=O)N2CC(O)C2)CCN1. The molecular formula is C10H18N2O2. The second-order valence-corrected chi connectivity index (χ2v) is 4.47. The molecule has 2 aliphatic rings. The van der Waals surface area contributed by atoms with E-state index < -0.39 is 0 Å². The number of carbonyl (C=O) groups excluding carboxylic acids is 1. The maximum atomic E-state index is 11.9. The van der Waals surface area contributed by atoms with E-state index in [4.69, 9.17) is 5.11 Å². The highest BCUT2D eigenvalue weighted by molar-refractivity contribution is 5.79. The van der Waals surface area contributed by atoms with Crippen molar-refractivity contribution in [1.29, 1.82) is 0 Å². The summed E-state index contributed by atoms with van der Waals surface area (Å²) in [6, 6.07) is 0.448. The highest BCUT2D eigenvalue weighted by atomic mass is 16.3. The normalized spacial score (nSPS) is 34.0. The van der Waals surface area contributed by atoms with Gasteiger partial charge in [0.15, 0.2) is 0 Å². The van der Waals surface area contributed by atoms with E-state index in [1.165, 1.54) is 0 Å². The number of amides is 1. The standard InChI is InChI=1S/C10H18N2O2/c1-7-4-8(2-3-11-7)10(14)12-5-9(13)6-12/h7-9,11,13H,2-6H2,1H3. The maximum absolute atomic E-state index is 11.9. The van der Waals surface area contributed by atoms with Crippen LogP contribution in [0.15, 0.2) is 0 Å². The summed E-state index contributed by atoms with van der Waals surface area (Å²) in [5.74, 6) is 0.419. The van der Waals surface area contributed by atoms with Crippen molar-refractivity contribution < 1.29 is 9.90 Å². The van der Waals surface area contributed by atoms with Crippen LogP contribution in [-0.2, 0) is 4.79 Å². The summed E-state index contributed by atoms with van der Waals surface area (Å²) >= 11 is 0. The minimum Gasteiger partial charge on any atom is -0.389 e. The Hall–Kier alpha value is -0.610. The zero-order valence-electron chi connectivity index (χ0n) is 8.57. The molecular weight excluding hydrogens is 180 g/mol. The first-order chi connectivity index (χ1) is 6.66. The van der Waals surface area contributed by atoms with Gasteiger partial charge in [0.25, 0.3) is 0 Å². The number of hydrogen-bond acceptors (Lipinski definition) is 3. The predicted molar refractivity (Wildman–Crippen MR) is 52.8 cm³/mol. The number of hydrogen-bond donors (Lipinski definition) is 2. The lowest BCUT2D eigenvalue weighted by Crippen LogP contribution is -2.56. The van der Waals surface area contributed by atoms with E-state index in [0.717, 1.165) is 19.4 Å². The van der Waals surface area contributed by atoms with Crippen LogP contribution in [0, 0.1) is 5.92 Å². The van der Waals surface area contributed by atoms with Gasteiger partial charge in [0, 0.05) is 25.0 Å². The molecule has 2 heterocycles. The predicted octanol–water partition coefficient (Wildman–Crippen LogP) is -0.422. The molecule has 2 N–H and O–H groups in total. The van der Waals surface area contributed by atoms with Gasteiger partial charge in [0.2, 0.25) is 5.91 Å². The van der Waals surface area contributed by atoms with Crippen molar-refractivity contribution in [1.82, 2.24) is 10.2 Å². The zero-order valence-corrected chi connectivity index (χ0v) is 8.57. The molecule has 0 aromatic rings. The van der Waals surface area contributed by atoms with E-state index in [2.05, 4.69) is 12.2 Å². The summed E-state index contributed by atoms with van der Waals surface area (Å²) in [5.41, 5.74) is 0. The molecule has 2 rings (SSSR count). The summed E-state index contributed by atoms with van der Waals surface area (Å²) in [6.07, 6.45) is 1.60. The smallest absolute Gasteiger partial charge is 0.225 e. The maximum Gasteiger partial charge on any atom is 0.225 e. The fourth-order valence-electron chi connectivity index (χ4n) is 2.25. The van der Waals surface area contributed by atoms with Crippen LogP contribution in [0.1, 0.15) is 19.8 Å². The number of β-amino-alcohol motifs (C(OH)–C–C–N with tert-alkyl or cyclic N) is 1. The fourth-order valence-corrected chi connectivity index (χ4v) is 2.25. The average Bonchev–Trinajstić information content (AvgIpc) is 2.12. The molecule has 4 nitrogen and oxygen atoms in total. The minimum atomic E-state index is -0.280. The lowest BCUT2D eigenvalue weighted by Gasteiger charge is -2.39. The summed E-state index contributed by atoms with van der Waals surface area (Å²) in [5, 5.41) is 12.4. The summed E-state index contributed by atoms with van der Waals surface area (Å²) in [4.78, 5) is 13.6. The second kappa shape index (κ2) is 3.87. The van der Waals surface area contributed by atoms with Gasteiger partial charge in [-0.15, -0.1) is 0 Å². The van der Waals surface area contributed by atoms with Crippen LogP contribution >= 0.6 is 0 Å². The first kappa shape index (κ1) is 9.93. The van der Waals surface area contributed by atoms with Crippen molar-refractivity contribution >= 4 is 5.91 Å². The van der Waals surface area contributed by atoms with Crippen LogP contribution in [-0.4, -0.2) is 47.7 Å². The molecule has 0 spiro atoms. The molecule has 0 saturated carbocycles. The third kappa shape index (κ3) is 1.91. The van der Waals surface area contributed by atoms with E-state index in [0.29, 0.717) is 19.1 Å². The van der Waals surface area contributed by atoms with Crippen LogP contribution in [0.2, 0.25) is 0 Å². The van der Waals surface area contributed by atoms with Gasteiger partial charge in [-0.1, -0.05) is 0 Å². The van der Waals surface area contributed by atoms with Crippen molar-refractivity contribution in [3.8, 4) is 0 Å². The molecule has 2 unspecified atom stereocenters. The Kier molecular flexibility index (Phi) is 2.74. The third-order valence-corrected chi connectivity index (χ3v) is 3.15. The van der Waals surface area contributed by atoms with Gasteiger partial charge in [0.1, 0.15) is 0 Å². The minimum absolute atomic E-state index is 0.179. The molecule has 4 heteroatoms. The number of aliphatic hydroxyl groups is 1. The van der Waals surface area contributed by atoms with Gasteiger partial charge in [-0.2, -0.15) is 0 Å². The van der Waals surface area contributed by atoms with Gasteiger partial charge >= 0.3 is 0 Å². The molecule has 2 saturated heterocycles. The molecule has 2 atom stereocenters. The monoisotopic (exact) mass is 198 g/mol. The van der Waals surface area contributed by atoms with Crippen LogP contribution in [0.3, 0.4) is 0 Å². The van der Waals surface area contributed by atoms with Crippen LogP contribution in [0.5, 0.6) is 0 Å². The number of nitrogens with one attached hydrogen (secondary N) is 1. The molecule has 0 bridgehead atoms. The lowest BCUT2D eigenvalue weighted by molar-refractivity contribution is -0.146. The molecule has 14 heavy (non-hydrogen) atoms. The van der Waals surface area contributed by atoms with Crippen molar-refractivity contribution in [3.05, 3.63) is 0 Å². The summed E-state index contributed by atoms with van der Waals surface area (Å²) in [7, 11) is 0. The van der Waals surface area contributed by atoms with Gasteiger partial charge in [-0.05, 0) is 26.3 Å². The van der Waals surface area contributed by atoms with Gasteiger partial charge in [-0.25, -0.2) is 0 Å². The van der Waals surface area contributed by atoms with Crippen molar-refractivity contribution in [3.63, 3.8) is 0 Å². The molecule has 0 radical (unpaired) electrons. The van der Waals surface area contributed by atoms with Gasteiger partial charge in [0.05, 0.1) is 6.10 Å². The zero-order chi connectivity index (χ0) is 10.1. The van der Waals surface area contributed by atoms with E-state index in [1.807, 2.05) is 0 Å². The first-order valence-electron chi connectivity index (χ1n) is 5.37. The third-order valence-electron chi connectivity index (χ3n) is 3.15. The molecule has 2 aliphatic heterocycles. The largest absolute Gasteiger partial charge is 0.389 e. The Bertz CT molecular complexity index is 226. The van der Waals surface area contributed by atoms with Crippen LogP contribution in [0.4, 0.5) is 0 Å². The van der Waals surface area contributed by atoms with Crippen molar-refractivity contribution in [2.45, 2.75) is 31.9 Å². The van der Waals surface area contributed by atoms with E-state index in [9.17, 15) is 4.79 Å². The second-order valence-electron chi connectivity index (χ2n) is 4.47. The van der Waals surface area contributed by atoms with E-state index in [-0.39, 0.29) is 17.9 Å². The Balaban J connectivity index is 1.85. The number of nitrogens with zero attached hydrogens (tertiary/aromatic N) is 1. The highest BCUT2D eigenvalue weighted by Gasteiger charge is 2.34. The first-order valence-corrected chi connectivity index (χ1v) is 5.37. The number of rotatable bonds is 1. The summed E-state index contributed by atoms with van der Waals surface area (Å²) < 4.78 is 0. The molecule has 1 amide bonds. The van der Waals surface area contributed by atoms with Gasteiger partial charge in [-0.3, -0.25) is 4.79 Å². The number of carbonyl (C=O) groups is 1. The van der Waals surface area contributed by atoms with Gasteiger partial charge < -0.3 is 15.3 Å². The lowest BCUT2D eigenvalue weighted by atomic mass is 9.91. The molecule has 0 aromatic heterocycles. The molecule has 0 aliphatic carbocycles. The summed E-state index contributed by atoms with van der Waals surface area (Å²) in [6.45, 7) is 4.13. The molecule has 0 aromatic carbocycles. The quantitative estimate of drug-likeness (QED) is 0.601. The Labute approximate surface area is 84.3 Å². The van der Waals surface area contributed by atoms with Crippen LogP contribution in [0.25, 0.3) is 0 Å². The fraction of sp³-hybridized carbons (Fsp3) is 0.900. The highest BCUT2D eigenvalue weighted by Crippen LogP contribution is 2.21. The Morgan fingerprint density at radius 1 is 1.50 bits per heavy atom. The number of likely N-dealkylation sites (tertiary alicyclic amines) is 1. The van der Waals surface area contributed by atoms with E-state index >= 15 is 0 Å². The molecule has 2 fully saturated rings. The molecule has 80 valence electrons.